The minimum absolute atomic E-state index is 0.0443. The molecule has 4 aliphatic rings. The number of rotatable bonds is 0. The second-order valence-electron chi connectivity index (χ2n) is 4.57. The summed E-state index contributed by atoms with van der Waals surface area (Å²) in [6, 6.07) is 0. The summed E-state index contributed by atoms with van der Waals surface area (Å²) in [5.41, 5.74) is 0. The third-order valence-electron chi connectivity index (χ3n) is 3.74. The van der Waals surface area contributed by atoms with E-state index >= 15 is 0 Å². The highest BCUT2D eigenvalue weighted by atomic mass is 16.3. The normalized spacial score (nSPS) is 60.3. The van der Waals surface area contributed by atoms with E-state index < -0.39 is 0 Å². The molecule has 0 aromatic carbocycles. The zero-order valence-corrected chi connectivity index (χ0v) is 6.74. The van der Waals surface area contributed by atoms with Crippen molar-refractivity contribution in [3.05, 3.63) is 0 Å². The van der Waals surface area contributed by atoms with Crippen LogP contribution >= 0.6 is 0 Å². The number of aliphatic hydroxyl groups excluding tert-OH is 1. The Kier molecular flexibility index (Phi) is 1.16. The second kappa shape index (κ2) is 1.99. The zero-order chi connectivity index (χ0) is 7.42. The van der Waals surface area contributed by atoms with Crippen molar-refractivity contribution in [2.45, 2.75) is 18.9 Å². The summed E-state index contributed by atoms with van der Waals surface area (Å²) in [5.74, 6) is 2.18. The van der Waals surface area contributed by atoms with Gasteiger partial charge in [0.05, 0.1) is 6.10 Å². The third-order valence-corrected chi connectivity index (χ3v) is 3.74. The van der Waals surface area contributed by atoms with Gasteiger partial charge in [0.15, 0.2) is 0 Å². The summed E-state index contributed by atoms with van der Waals surface area (Å²) in [6.45, 7) is 3.67. The summed E-state index contributed by atoms with van der Waals surface area (Å²) in [6.07, 6.45) is 2.64. The van der Waals surface area contributed by atoms with E-state index in [-0.39, 0.29) is 6.10 Å². The van der Waals surface area contributed by atoms with E-state index in [1.54, 1.807) is 0 Å². The first-order chi connectivity index (χ1) is 5.33. The number of aliphatic hydroxyl groups is 1. The monoisotopic (exact) mass is 153 g/mol. The smallest absolute Gasteiger partial charge is 0.0621 e. The van der Waals surface area contributed by atoms with Crippen LogP contribution in [0.25, 0.3) is 0 Å². The van der Waals surface area contributed by atoms with Crippen LogP contribution in [0.15, 0.2) is 0 Å². The highest BCUT2D eigenvalue weighted by Crippen LogP contribution is 2.43. The van der Waals surface area contributed by atoms with Crippen LogP contribution < -0.4 is 0 Å². The van der Waals surface area contributed by atoms with Crippen LogP contribution in [-0.2, 0) is 0 Å². The molecule has 0 aromatic rings. The van der Waals surface area contributed by atoms with Crippen LogP contribution in [0, 0.1) is 17.8 Å². The Morgan fingerprint density at radius 2 is 1.64 bits per heavy atom. The van der Waals surface area contributed by atoms with Gasteiger partial charge in [-0.25, -0.2) is 0 Å². The molecule has 62 valence electrons. The third kappa shape index (κ3) is 0.798. The van der Waals surface area contributed by atoms with Gasteiger partial charge in [0.25, 0.3) is 0 Å². The lowest BCUT2D eigenvalue weighted by molar-refractivity contribution is -0.110. The van der Waals surface area contributed by atoms with Gasteiger partial charge < -0.3 is 10.0 Å². The van der Waals surface area contributed by atoms with E-state index in [1.807, 2.05) is 0 Å². The molecule has 4 bridgehead atoms. The minimum Gasteiger partial charge on any atom is -0.392 e. The molecular weight excluding hydrogens is 138 g/mol. The zero-order valence-electron chi connectivity index (χ0n) is 6.74. The molecule has 3 unspecified atom stereocenters. The average Bonchev–Trinajstić information content (AvgIpc) is 1.98. The van der Waals surface area contributed by atoms with Crippen molar-refractivity contribution in [3.63, 3.8) is 0 Å². The first-order valence-corrected chi connectivity index (χ1v) is 4.73. The first-order valence-electron chi connectivity index (χ1n) is 4.73. The lowest BCUT2D eigenvalue weighted by Gasteiger charge is -2.54. The molecule has 2 nitrogen and oxygen atoms in total. The topological polar surface area (TPSA) is 23.5 Å². The molecule has 1 saturated carbocycles. The molecule has 0 radical (unpaired) electrons. The Morgan fingerprint density at radius 3 is 2.18 bits per heavy atom. The van der Waals surface area contributed by atoms with Gasteiger partial charge in [-0.05, 0) is 30.6 Å². The fourth-order valence-corrected chi connectivity index (χ4v) is 3.38. The maximum Gasteiger partial charge on any atom is 0.0621 e. The largest absolute Gasteiger partial charge is 0.392 e. The first kappa shape index (κ1) is 6.44. The molecule has 2 heteroatoms. The number of hydrogen-bond acceptors (Lipinski definition) is 2. The Hall–Kier alpha value is -0.0800. The van der Waals surface area contributed by atoms with Gasteiger partial charge in [-0.1, -0.05) is 0 Å². The summed E-state index contributed by atoms with van der Waals surface area (Å²) in [4.78, 5) is 2.54. The molecule has 1 N–H and O–H groups in total. The van der Waals surface area contributed by atoms with Crippen molar-refractivity contribution < 1.29 is 5.11 Å². The predicted molar refractivity (Wildman–Crippen MR) is 42.2 cm³/mol. The van der Waals surface area contributed by atoms with Crippen molar-refractivity contribution in [1.29, 1.82) is 0 Å². The molecule has 3 aliphatic heterocycles. The van der Waals surface area contributed by atoms with Crippen LogP contribution in [0.1, 0.15) is 12.8 Å². The highest BCUT2D eigenvalue weighted by Gasteiger charge is 2.46. The molecule has 5 atom stereocenters. The quantitative estimate of drug-likeness (QED) is 0.541. The molecule has 0 spiro atoms. The summed E-state index contributed by atoms with van der Waals surface area (Å²) in [7, 11) is 0. The van der Waals surface area contributed by atoms with Crippen LogP contribution in [0.4, 0.5) is 0 Å². The number of hydrogen-bond donors (Lipinski definition) is 1. The Labute approximate surface area is 67.2 Å². The van der Waals surface area contributed by atoms with Crippen LogP contribution in [0.2, 0.25) is 0 Å². The van der Waals surface area contributed by atoms with E-state index in [1.165, 1.54) is 32.5 Å². The summed E-state index contributed by atoms with van der Waals surface area (Å²) < 4.78 is 0. The molecule has 0 aromatic heterocycles. The van der Waals surface area contributed by atoms with Crippen molar-refractivity contribution >= 4 is 0 Å². The van der Waals surface area contributed by atoms with Crippen LogP contribution in [-0.4, -0.2) is 35.7 Å². The van der Waals surface area contributed by atoms with Crippen molar-refractivity contribution in [3.8, 4) is 0 Å². The Morgan fingerprint density at radius 1 is 1.00 bits per heavy atom. The maximum atomic E-state index is 9.80. The van der Waals surface area contributed by atoms with Gasteiger partial charge in [0.2, 0.25) is 0 Å². The fourth-order valence-electron chi connectivity index (χ4n) is 3.38. The van der Waals surface area contributed by atoms with Gasteiger partial charge in [-0.2, -0.15) is 0 Å². The Bertz CT molecular complexity index is 152. The lowest BCUT2D eigenvalue weighted by Crippen LogP contribution is -2.59. The molecular formula is C9H15NO. The van der Waals surface area contributed by atoms with Crippen molar-refractivity contribution in [2.24, 2.45) is 17.8 Å². The van der Waals surface area contributed by atoms with Crippen molar-refractivity contribution in [1.82, 2.24) is 4.90 Å². The predicted octanol–water partition coefficient (Wildman–Crippen LogP) is 0.319. The highest BCUT2D eigenvalue weighted by molar-refractivity contribution is 4.98. The van der Waals surface area contributed by atoms with Crippen LogP contribution in [0.5, 0.6) is 0 Å². The standard InChI is InChI=1S/C9H15NO/c11-9-7-1-6-2-8(9)5-10(3-6)4-7/h6-9,11H,1-5H2/t6?,7-,8+,9?. The van der Waals surface area contributed by atoms with E-state index in [4.69, 9.17) is 0 Å². The summed E-state index contributed by atoms with van der Waals surface area (Å²) >= 11 is 0. The molecule has 3 heterocycles. The van der Waals surface area contributed by atoms with E-state index in [0.717, 1.165) is 5.92 Å². The maximum absolute atomic E-state index is 9.80. The Balaban J connectivity index is 1.91. The van der Waals surface area contributed by atoms with Crippen molar-refractivity contribution in [2.75, 3.05) is 19.6 Å². The fraction of sp³-hybridized carbons (Fsp3) is 1.00. The second-order valence-corrected chi connectivity index (χ2v) is 4.57. The van der Waals surface area contributed by atoms with Gasteiger partial charge >= 0.3 is 0 Å². The van der Waals surface area contributed by atoms with E-state index in [0.29, 0.717) is 11.8 Å². The van der Waals surface area contributed by atoms with Crippen LogP contribution in [0.3, 0.4) is 0 Å². The van der Waals surface area contributed by atoms with Gasteiger partial charge in [-0.15, -0.1) is 0 Å². The van der Waals surface area contributed by atoms with Gasteiger partial charge in [0, 0.05) is 19.6 Å². The van der Waals surface area contributed by atoms with E-state index in [9.17, 15) is 5.11 Å². The molecule has 11 heavy (non-hydrogen) atoms. The molecule has 4 fully saturated rings. The molecule has 3 saturated heterocycles. The minimum atomic E-state index is 0.0443. The SMILES string of the molecule is OC1[C@@H]2CC3C[C@H]1CN(C3)C2. The molecule has 1 aliphatic carbocycles. The molecule has 4 rings (SSSR count). The lowest BCUT2D eigenvalue weighted by atomic mass is 9.66. The average molecular weight is 153 g/mol. The molecule has 0 amide bonds. The number of piperidine rings is 3. The van der Waals surface area contributed by atoms with Gasteiger partial charge in [-0.3, -0.25) is 0 Å². The summed E-state index contributed by atoms with van der Waals surface area (Å²) in [5, 5.41) is 9.80. The van der Waals surface area contributed by atoms with Gasteiger partial charge in [0.1, 0.15) is 0 Å². The number of nitrogens with zero attached hydrogens (tertiary/aromatic N) is 1. The van der Waals surface area contributed by atoms with E-state index in [2.05, 4.69) is 4.90 Å².